The molecule has 0 aromatic heterocycles. The quantitative estimate of drug-likeness (QED) is 0.764. The van der Waals surface area contributed by atoms with E-state index in [1.165, 1.54) is 0 Å². The maximum absolute atomic E-state index is 11.2. The van der Waals surface area contributed by atoms with Crippen molar-refractivity contribution in [1.29, 1.82) is 5.26 Å². The van der Waals surface area contributed by atoms with Gasteiger partial charge in [0, 0.05) is 15.1 Å². The summed E-state index contributed by atoms with van der Waals surface area (Å²) >= 11 is 8.94. The van der Waals surface area contributed by atoms with E-state index in [0.29, 0.717) is 10.6 Å². The molecule has 2 nitrogen and oxygen atoms in total. The molecule has 13 heavy (non-hydrogen) atoms. The van der Waals surface area contributed by atoms with Gasteiger partial charge in [0.25, 0.3) is 0 Å². The highest BCUT2D eigenvalue weighted by atomic mass is 79.9. The van der Waals surface area contributed by atoms with Gasteiger partial charge in [-0.3, -0.25) is 4.79 Å². The van der Waals surface area contributed by atoms with Crippen LogP contribution in [0, 0.1) is 11.3 Å². The third-order valence-corrected chi connectivity index (χ3v) is 2.10. The van der Waals surface area contributed by atoms with E-state index in [-0.39, 0.29) is 12.2 Å². The van der Waals surface area contributed by atoms with Crippen LogP contribution >= 0.6 is 27.5 Å². The Morgan fingerprint density at radius 1 is 1.54 bits per heavy atom. The molecule has 0 atom stereocenters. The Hall–Kier alpha value is -0.850. The van der Waals surface area contributed by atoms with Gasteiger partial charge in [0.05, 0.1) is 12.5 Å². The van der Waals surface area contributed by atoms with Crippen LogP contribution in [0.25, 0.3) is 0 Å². The Kier molecular flexibility index (Phi) is 3.47. The van der Waals surface area contributed by atoms with Crippen LogP contribution in [0.4, 0.5) is 0 Å². The zero-order chi connectivity index (χ0) is 9.84. The summed E-state index contributed by atoms with van der Waals surface area (Å²) in [5.74, 6) is -0.217. The molecule has 0 saturated carbocycles. The summed E-state index contributed by atoms with van der Waals surface area (Å²) < 4.78 is 0.737. The van der Waals surface area contributed by atoms with Crippen LogP contribution < -0.4 is 0 Å². The lowest BCUT2D eigenvalue weighted by atomic mass is 10.1. The van der Waals surface area contributed by atoms with Crippen LogP contribution in [-0.2, 0) is 0 Å². The number of carbonyl (C=O) groups is 1. The Morgan fingerprint density at radius 2 is 2.23 bits per heavy atom. The molecule has 1 aromatic carbocycles. The van der Waals surface area contributed by atoms with Crippen molar-refractivity contribution in [3.63, 3.8) is 0 Å². The van der Waals surface area contributed by atoms with E-state index in [0.717, 1.165) is 4.47 Å². The SMILES string of the molecule is N#CCC(=O)c1cc(Cl)cc(Br)c1. The van der Waals surface area contributed by atoms with E-state index in [1.807, 2.05) is 0 Å². The summed E-state index contributed by atoms with van der Waals surface area (Å²) in [5.41, 5.74) is 0.459. The van der Waals surface area contributed by atoms with Gasteiger partial charge < -0.3 is 0 Å². The Bertz CT molecular complexity index is 363. The van der Waals surface area contributed by atoms with Gasteiger partial charge in [-0.05, 0) is 18.2 Å². The second-order valence-electron chi connectivity index (χ2n) is 2.42. The van der Waals surface area contributed by atoms with Gasteiger partial charge in [-0.25, -0.2) is 0 Å². The number of nitriles is 1. The minimum absolute atomic E-state index is 0.118. The fourth-order valence-electron chi connectivity index (χ4n) is 0.889. The first-order chi connectivity index (χ1) is 6.13. The van der Waals surface area contributed by atoms with Crippen molar-refractivity contribution in [3.05, 3.63) is 33.3 Å². The van der Waals surface area contributed by atoms with E-state index in [4.69, 9.17) is 16.9 Å². The van der Waals surface area contributed by atoms with Gasteiger partial charge in [0.1, 0.15) is 0 Å². The lowest BCUT2D eigenvalue weighted by Crippen LogP contribution is -1.96. The van der Waals surface area contributed by atoms with Crippen LogP contribution in [0.5, 0.6) is 0 Å². The largest absolute Gasteiger partial charge is 0.293 e. The molecule has 1 aromatic rings. The number of Topliss-reactive ketones (excluding diaryl/α,β-unsaturated/α-hetero) is 1. The van der Waals surface area contributed by atoms with Gasteiger partial charge in [0.15, 0.2) is 5.78 Å². The molecule has 0 amide bonds. The lowest BCUT2D eigenvalue weighted by Gasteiger charge is -1.98. The number of hydrogen-bond acceptors (Lipinski definition) is 2. The van der Waals surface area contributed by atoms with Gasteiger partial charge >= 0.3 is 0 Å². The molecular weight excluding hydrogens is 253 g/mol. The first-order valence-corrected chi connectivity index (χ1v) is 4.67. The fraction of sp³-hybridized carbons (Fsp3) is 0.111. The summed E-state index contributed by atoms with van der Waals surface area (Å²) in [6, 6.07) is 6.67. The predicted octanol–water partition coefficient (Wildman–Crippen LogP) is 3.20. The highest BCUT2D eigenvalue weighted by Gasteiger charge is 2.06. The molecular formula is C9H5BrClNO. The first-order valence-electron chi connectivity index (χ1n) is 3.49. The van der Waals surface area contributed by atoms with Crippen molar-refractivity contribution < 1.29 is 4.79 Å². The molecule has 0 aliphatic heterocycles. The zero-order valence-electron chi connectivity index (χ0n) is 6.55. The third kappa shape index (κ3) is 2.83. The summed E-state index contributed by atoms with van der Waals surface area (Å²) in [4.78, 5) is 11.2. The second kappa shape index (κ2) is 4.40. The molecule has 0 saturated heterocycles. The molecule has 0 aliphatic rings. The van der Waals surface area contributed by atoms with Crippen LogP contribution in [0.2, 0.25) is 5.02 Å². The summed E-state index contributed by atoms with van der Waals surface area (Å²) in [7, 11) is 0. The molecule has 0 spiro atoms. The second-order valence-corrected chi connectivity index (χ2v) is 3.77. The molecule has 0 unspecified atom stereocenters. The first kappa shape index (κ1) is 10.2. The molecule has 0 N–H and O–H groups in total. The standard InChI is InChI=1S/C9H5BrClNO/c10-7-3-6(4-8(11)5-7)9(13)1-2-12/h3-5H,1H2. The molecule has 0 radical (unpaired) electrons. The van der Waals surface area contributed by atoms with E-state index in [9.17, 15) is 4.79 Å². The maximum atomic E-state index is 11.2. The topological polar surface area (TPSA) is 40.9 Å². The third-order valence-electron chi connectivity index (χ3n) is 1.42. The molecule has 0 aliphatic carbocycles. The summed E-state index contributed by atoms with van der Waals surface area (Å²) in [5, 5.41) is 8.80. The van der Waals surface area contributed by atoms with Crippen LogP contribution in [0.15, 0.2) is 22.7 Å². The van der Waals surface area contributed by atoms with Crippen LogP contribution in [0.3, 0.4) is 0 Å². The van der Waals surface area contributed by atoms with E-state index in [2.05, 4.69) is 15.9 Å². The molecule has 4 heteroatoms. The van der Waals surface area contributed by atoms with Crippen molar-refractivity contribution in [2.75, 3.05) is 0 Å². The molecule has 66 valence electrons. The van der Waals surface area contributed by atoms with Crippen molar-refractivity contribution in [2.45, 2.75) is 6.42 Å². The maximum Gasteiger partial charge on any atom is 0.176 e. The number of nitrogens with zero attached hydrogens (tertiary/aromatic N) is 1. The fourth-order valence-corrected chi connectivity index (χ4v) is 1.75. The van der Waals surface area contributed by atoms with Crippen molar-refractivity contribution in [3.8, 4) is 6.07 Å². The van der Waals surface area contributed by atoms with Crippen molar-refractivity contribution in [1.82, 2.24) is 0 Å². The number of hydrogen-bond donors (Lipinski definition) is 0. The number of ketones is 1. The number of rotatable bonds is 2. The van der Waals surface area contributed by atoms with Gasteiger partial charge in [0.2, 0.25) is 0 Å². The molecule has 0 bridgehead atoms. The Balaban J connectivity index is 3.02. The van der Waals surface area contributed by atoms with Gasteiger partial charge in [-0.15, -0.1) is 0 Å². The van der Waals surface area contributed by atoms with E-state index < -0.39 is 0 Å². The molecule has 1 rings (SSSR count). The van der Waals surface area contributed by atoms with Crippen LogP contribution in [-0.4, -0.2) is 5.78 Å². The number of benzene rings is 1. The average molecular weight is 259 g/mol. The van der Waals surface area contributed by atoms with E-state index >= 15 is 0 Å². The van der Waals surface area contributed by atoms with Gasteiger partial charge in [-0.1, -0.05) is 27.5 Å². The Labute approximate surface area is 89.3 Å². The van der Waals surface area contributed by atoms with E-state index in [1.54, 1.807) is 24.3 Å². The molecule has 0 fully saturated rings. The highest BCUT2D eigenvalue weighted by Crippen LogP contribution is 2.20. The normalized spacial score (nSPS) is 9.31. The molecule has 0 heterocycles. The average Bonchev–Trinajstić information content (AvgIpc) is 2.03. The minimum Gasteiger partial charge on any atom is -0.293 e. The van der Waals surface area contributed by atoms with Crippen LogP contribution in [0.1, 0.15) is 16.8 Å². The monoisotopic (exact) mass is 257 g/mol. The number of halogens is 2. The predicted molar refractivity (Wildman–Crippen MR) is 53.7 cm³/mol. The van der Waals surface area contributed by atoms with Crippen molar-refractivity contribution in [2.24, 2.45) is 0 Å². The van der Waals surface area contributed by atoms with Crippen molar-refractivity contribution >= 4 is 33.3 Å². The minimum atomic E-state index is -0.217. The zero-order valence-corrected chi connectivity index (χ0v) is 8.89. The summed E-state index contributed by atoms with van der Waals surface area (Å²) in [6.07, 6.45) is -0.118. The van der Waals surface area contributed by atoms with Gasteiger partial charge in [-0.2, -0.15) is 5.26 Å². The lowest BCUT2D eigenvalue weighted by molar-refractivity contribution is 0.0997. The summed E-state index contributed by atoms with van der Waals surface area (Å²) in [6.45, 7) is 0. The number of carbonyl (C=O) groups excluding carboxylic acids is 1. The smallest absolute Gasteiger partial charge is 0.176 e. The Morgan fingerprint density at radius 3 is 2.77 bits per heavy atom. The highest BCUT2D eigenvalue weighted by molar-refractivity contribution is 9.10.